The molecule has 0 saturated carbocycles. The van der Waals surface area contributed by atoms with Gasteiger partial charge in [0.25, 0.3) is 5.91 Å². The first kappa shape index (κ1) is 22.0. The first-order valence-electron chi connectivity index (χ1n) is 9.85. The second-order valence-electron chi connectivity index (χ2n) is 6.67. The molecule has 9 nitrogen and oxygen atoms in total. The van der Waals surface area contributed by atoms with Crippen LogP contribution >= 0.6 is 11.8 Å². The molecule has 0 radical (unpaired) electrons. The molecule has 166 valence electrons. The number of carbonyl (C=O) groups excluding carboxylic acids is 2. The zero-order chi connectivity index (χ0) is 23.0. The Morgan fingerprint density at radius 3 is 2.42 bits per heavy atom. The van der Waals surface area contributed by atoms with Crippen molar-refractivity contribution in [3.05, 3.63) is 78.4 Å². The third-order valence-electron chi connectivity index (χ3n) is 4.53. The highest BCUT2D eigenvalue weighted by Crippen LogP contribution is 2.38. The van der Waals surface area contributed by atoms with Crippen molar-refractivity contribution >= 4 is 29.3 Å². The Bertz CT molecular complexity index is 1250. The molecule has 0 unspecified atom stereocenters. The highest BCUT2D eigenvalue weighted by Gasteiger charge is 2.14. The molecule has 33 heavy (non-hydrogen) atoms. The van der Waals surface area contributed by atoms with E-state index in [1.165, 1.54) is 18.9 Å². The number of tetrazole rings is 1. The minimum absolute atomic E-state index is 0.196. The predicted octanol–water partition coefficient (Wildman–Crippen LogP) is 3.82. The van der Waals surface area contributed by atoms with E-state index in [1.54, 1.807) is 24.3 Å². The van der Waals surface area contributed by atoms with Crippen molar-refractivity contribution in [3.63, 3.8) is 0 Å². The van der Waals surface area contributed by atoms with Gasteiger partial charge < -0.3 is 14.8 Å². The van der Waals surface area contributed by atoms with Gasteiger partial charge in [0, 0.05) is 20.9 Å². The van der Waals surface area contributed by atoms with E-state index in [-0.39, 0.29) is 12.5 Å². The number of nitrogens with zero attached hydrogens (tertiary/aromatic N) is 3. The van der Waals surface area contributed by atoms with Crippen molar-refractivity contribution in [2.75, 3.05) is 19.0 Å². The fourth-order valence-electron chi connectivity index (χ4n) is 2.89. The van der Waals surface area contributed by atoms with Crippen molar-refractivity contribution in [1.29, 1.82) is 0 Å². The number of carbonyl (C=O) groups is 2. The minimum atomic E-state index is -0.480. The minimum Gasteiger partial charge on any atom is -0.482 e. The van der Waals surface area contributed by atoms with Gasteiger partial charge in [0.05, 0.1) is 12.8 Å². The Morgan fingerprint density at radius 1 is 0.970 bits per heavy atom. The van der Waals surface area contributed by atoms with E-state index >= 15 is 0 Å². The molecule has 1 aromatic heterocycles. The molecule has 1 amide bonds. The quantitative estimate of drug-likeness (QED) is 0.380. The Morgan fingerprint density at radius 2 is 1.70 bits per heavy atom. The molecule has 0 spiro atoms. The number of ether oxygens (including phenoxy) is 2. The van der Waals surface area contributed by atoms with E-state index in [1.807, 2.05) is 48.5 Å². The van der Waals surface area contributed by atoms with Crippen LogP contribution in [0.1, 0.15) is 10.4 Å². The normalized spacial score (nSPS) is 10.5. The molecule has 0 aliphatic carbocycles. The number of nitrogens with one attached hydrogen (secondary N) is 2. The summed E-state index contributed by atoms with van der Waals surface area (Å²) in [5.74, 6) is 0.209. The summed E-state index contributed by atoms with van der Waals surface area (Å²) in [4.78, 5) is 25.8. The fraction of sp³-hybridized carbons (Fsp3) is 0.0870. The van der Waals surface area contributed by atoms with E-state index in [0.29, 0.717) is 22.8 Å². The highest BCUT2D eigenvalue weighted by molar-refractivity contribution is 7.99. The van der Waals surface area contributed by atoms with Crippen molar-refractivity contribution in [2.24, 2.45) is 0 Å². The van der Waals surface area contributed by atoms with Crippen LogP contribution in [0, 0.1) is 0 Å². The highest BCUT2D eigenvalue weighted by atomic mass is 32.2. The van der Waals surface area contributed by atoms with Gasteiger partial charge in [-0.1, -0.05) is 36.0 Å². The summed E-state index contributed by atoms with van der Waals surface area (Å²) >= 11 is 1.49. The van der Waals surface area contributed by atoms with E-state index < -0.39 is 5.97 Å². The van der Waals surface area contributed by atoms with Gasteiger partial charge in [-0.15, -0.1) is 10.2 Å². The second kappa shape index (κ2) is 10.4. The van der Waals surface area contributed by atoms with Crippen molar-refractivity contribution in [1.82, 2.24) is 20.6 Å². The maximum atomic E-state index is 12.8. The summed E-state index contributed by atoms with van der Waals surface area (Å²) in [6, 6.07) is 21.7. The summed E-state index contributed by atoms with van der Waals surface area (Å²) in [5.41, 5.74) is 1.95. The van der Waals surface area contributed by atoms with Crippen LogP contribution in [0.4, 0.5) is 5.69 Å². The molecule has 3 aromatic carbocycles. The largest absolute Gasteiger partial charge is 0.482 e. The van der Waals surface area contributed by atoms with E-state index in [4.69, 9.17) is 4.74 Å². The number of anilines is 1. The SMILES string of the molecule is COC(=O)COc1ccc(C(=O)Nc2ccccc2Sc2ccccc2-c2nn[nH]n2)cc1. The summed E-state index contributed by atoms with van der Waals surface area (Å²) in [6.07, 6.45) is 0. The fourth-order valence-corrected chi connectivity index (χ4v) is 3.92. The van der Waals surface area contributed by atoms with Crippen molar-refractivity contribution in [3.8, 4) is 17.1 Å². The third kappa shape index (κ3) is 5.55. The third-order valence-corrected chi connectivity index (χ3v) is 5.68. The Hall–Kier alpha value is -4.18. The van der Waals surface area contributed by atoms with Crippen LogP contribution in [0.15, 0.2) is 82.6 Å². The van der Waals surface area contributed by atoms with Gasteiger partial charge in [0.2, 0.25) is 5.82 Å². The smallest absolute Gasteiger partial charge is 0.343 e. The average molecular weight is 462 g/mol. The summed E-state index contributed by atoms with van der Waals surface area (Å²) in [6.45, 7) is -0.196. The monoisotopic (exact) mass is 461 g/mol. The number of amides is 1. The Kier molecular flexibility index (Phi) is 6.96. The van der Waals surface area contributed by atoms with E-state index in [9.17, 15) is 9.59 Å². The molecule has 0 aliphatic heterocycles. The number of rotatable bonds is 8. The van der Waals surface area contributed by atoms with Gasteiger partial charge in [-0.2, -0.15) is 5.21 Å². The van der Waals surface area contributed by atoms with Gasteiger partial charge in [-0.3, -0.25) is 4.79 Å². The molecular formula is C23H19N5O4S. The van der Waals surface area contributed by atoms with Crippen LogP contribution in [0.2, 0.25) is 0 Å². The molecule has 4 rings (SSSR count). The van der Waals surface area contributed by atoms with Crippen LogP contribution < -0.4 is 10.1 Å². The zero-order valence-electron chi connectivity index (χ0n) is 17.5. The van der Waals surface area contributed by atoms with E-state index in [2.05, 4.69) is 30.7 Å². The molecule has 0 fully saturated rings. The molecule has 1 heterocycles. The molecule has 0 bridgehead atoms. The van der Waals surface area contributed by atoms with Crippen LogP contribution in [0.5, 0.6) is 5.75 Å². The first-order valence-corrected chi connectivity index (χ1v) is 10.7. The van der Waals surface area contributed by atoms with Gasteiger partial charge in [-0.25, -0.2) is 4.79 Å². The topological polar surface area (TPSA) is 119 Å². The van der Waals surface area contributed by atoms with Crippen molar-refractivity contribution in [2.45, 2.75) is 9.79 Å². The van der Waals surface area contributed by atoms with Crippen LogP contribution in [-0.2, 0) is 9.53 Å². The lowest BCUT2D eigenvalue weighted by Crippen LogP contribution is -2.14. The van der Waals surface area contributed by atoms with Gasteiger partial charge in [-0.05, 0) is 53.7 Å². The van der Waals surface area contributed by atoms with Gasteiger partial charge in [0.1, 0.15) is 5.75 Å². The Balaban J connectivity index is 1.49. The number of methoxy groups -OCH3 is 1. The maximum Gasteiger partial charge on any atom is 0.343 e. The predicted molar refractivity (Wildman–Crippen MR) is 122 cm³/mol. The molecule has 4 aromatic rings. The molecule has 10 heteroatoms. The summed E-state index contributed by atoms with van der Waals surface area (Å²) in [7, 11) is 1.29. The number of esters is 1. The first-order chi connectivity index (χ1) is 16.1. The summed E-state index contributed by atoms with van der Waals surface area (Å²) in [5, 5.41) is 17.2. The van der Waals surface area contributed by atoms with Crippen molar-refractivity contribution < 1.29 is 19.1 Å². The number of hydrogen-bond donors (Lipinski definition) is 2. The molecule has 2 N–H and O–H groups in total. The lowest BCUT2D eigenvalue weighted by atomic mass is 10.2. The average Bonchev–Trinajstić information content (AvgIpc) is 3.39. The zero-order valence-corrected chi connectivity index (χ0v) is 18.3. The van der Waals surface area contributed by atoms with Crippen LogP contribution in [0.3, 0.4) is 0 Å². The van der Waals surface area contributed by atoms with Crippen LogP contribution in [0.25, 0.3) is 11.4 Å². The van der Waals surface area contributed by atoms with Gasteiger partial charge in [0.15, 0.2) is 6.61 Å². The molecule has 0 atom stereocenters. The number of aromatic nitrogens is 4. The standard InChI is InChI=1S/C23H19N5O4S/c1-31-21(29)14-32-16-12-10-15(11-13-16)23(30)24-18-7-3-5-9-20(18)33-19-8-4-2-6-17(19)22-25-27-28-26-22/h2-13H,14H2,1H3,(H,24,30)(H,25,26,27,28). The maximum absolute atomic E-state index is 12.8. The van der Waals surface area contributed by atoms with Gasteiger partial charge >= 0.3 is 5.97 Å². The molecular weight excluding hydrogens is 442 g/mol. The van der Waals surface area contributed by atoms with Crippen LogP contribution in [-0.4, -0.2) is 46.2 Å². The van der Waals surface area contributed by atoms with E-state index in [0.717, 1.165) is 15.4 Å². The number of hydrogen-bond acceptors (Lipinski definition) is 8. The summed E-state index contributed by atoms with van der Waals surface area (Å²) < 4.78 is 9.85. The second-order valence-corrected chi connectivity index (χ2v) is 7.76. The number of para-hydroxylation sites is 1. The number of benzene rings is 3. The lowest BCUT2D eigenvalue weighted by molar-refractivity contribution is -0.142. The lowest BCUT2D eigenvalue weighted by Gasteiger charge is -2.12. The molecule has 0 saturated heterocycles. The number of aromatic amines is 1. The molecule has 0 aliphatic rings. The number of H-pyrrole nitrogens is 1. The Labute approximate surface area is 193 Å².